The van der Waals surface area contributed by atoms with Gasteiger partial charge in [0.2, 0.25) is 5.96 Å². The van der Waals surface area contributed by atoms with Gasteiger partial charge in [0.25, 0.3) is 5.91 Å². The summed E-state index contributed by atoms with van der Waals surface area (Å²) in [5, 5.41) is 6.11. The van der Waals surface area contributed by atoms with Crippen LogP contribution in [0, 0.1) is 0 Å². The zero-order chi connectivity index (χ0) is 18.6. The van der Waals surface area contributed by atoms with Crippen LogP contribution in [0.15, 0.2) is 65.4 Å². The van der Waals surface area contributed by atoms with Crippen LogP contribution in [0.1, 0.15) is 11.3 Å². The van der Waals surface area contributed by atoms with Crippen molar-refractivity contribution in [3.63, 3.8) is 0 Å². The molecule has 2 aromatic heterocycles. The zero-order valence-corrected chi connectivity index (χ0v) is 14.6. The van der Waals surface area contributed by atoms with Gasteiger partial charge in [0, 0.05) is 18.3 Å². The Balaban J connectivity index is 1.47. The van der Waals surface area contributed by atoms with Crippen molar-refractivity contribution in [1.82, 2.24) is 20.6 Å². The summed E-state index contributed by atoms with van der Waals surface area (Å²) in [7, 11) is 1.63. The number of nitrogens with zero attached hydrogens (tertiary/aromatic N) is 3. The number of ether oxygens (including phenoxy) is 1. The van der Waals surface area contributed by atoms with E-state index in [1.54, 1.807) is 19.4 Å². The smallest absolute Gasteiger partial charge is 0.296 e. The third kappa shape index (κ3) is 3.62. The molecule has 1 amide bonds. The second-order valence-electron chi connectivity index (χ2n) is 5.89. The molecule has 0 atom stereocenters. The van der Waals surface area contributed by atoms with Gasteiger partial charge in [0.05, 0.1) is 23.8 Å². The van der Waals surface area contributed by atoms with Gasteiger partial charge in [-0.1, -0.05) is 18.2 Å². The SMILES string of the molecule is COc1ccccc1CNC1=NC(=O)C(=Cc2ccc3ncccc3n2)N1. The zero-order valence-electron chi connectivity index (χ0n) is 14.6. The van der Waals surface area contributed by atoms with Crippen LogP contribution in [0.25, 0.3) is 17.1 Å². The molecule has 0 bridgehead atoms. The van der Waals surface area contributed by atoms with Crippen molar-refractivity contribution in [3.05, 3.63) is 71.7 Å². The first-order valence-corrected chi connectivity index (χ1v) is 8.42. The summed E-state index contributed by atoms with van der Waals surface area (Å²) in [6.45, 7) is 0.482. The first kappa shape index (κ1) is 16.7. The number of aromatic nitrogens is 2. The molecule has 0 saturated heterocycles. The summed E-state index contributed by atoms with van der Waals surface area (Å²) in [5.74, 6) is 0.838. The van der Waals surface area contributed by atoms with E-state index in [1.807, 2.05) is 48.5 Å². The third-order valence-electron chi connectivity index (χ3n) is 4.11. The Morgan fingerprint density at radius 2 is 2.00 bits per heavy atom. The highest BCUT2D eigenvalue weighted by atomic mass is 16.5. The second kappa shape index (κ2) is 7.25. The minimum atomic E-state index is -0.342. The van der Waals surface area contributed by atoms with Gasteiger partial charge in [-0.2, -0.15) is 4.99 Å². The molecule has 27 heavy (non-hydrogen) atoms. The van der Waals surface area contributed by atoms with Crippen LogP contribution < -0.4 is 15.4 Å². The van der Waals surface area contributed by atoms with E-state index in [-0.39, 0.29) is 5.91 Å². The van der Waals surface area contributed by atoms with Gasteiger partial charge in [0.1, 0.15) is 11.4 Å². The number of carbonyl (C=O) groups is 1. The lowest BCUT2D eigenvalue weighted by atomic mass is 10.2. The van der Waals surface area contributed by atoms with E-state index in [2.05, 4.69) is 25.6 Å². The summed E-state index contributed by atoms with van der Waals surface area (Å²) < 4.78 is 5.32. The van der Waals surface area contributed by atoms with Crippen LogP contribution in [0.4, 0.5) is 0 Å². The van der Waals surface area contributed by atoms with E-state index in [0.29, 0.717) is 23.9 Å². The number of aliphatic imine (C=N–C) groups is 1. The van der Waals surface area contributed by atoms with E-state index in [0.717, 1.165) is 22.3 Å². The number of rotatable bonds is 4. The highest BCUT2D eigenvalue weighted by Gasteiger charge is 2.20. The van der Waals surface area contributed by atoms with Crippen molar-refractivity contribution in [3.8, 4) is 5.75 Å². The Labute approximate surface area is 155 Å². The summed E-state index contributed by atoms with van der Waals surface area (Å²) in [6, 6.07) is 15.1. The lowest BCUT2D eigenvalue weighted by Crippen LogP contribution is -2.32. The van der Waals surface area contributed by atoms with E-state index in [4.69, 9.17) is 4.74 Å². The third-order valence-corrected chi connectivity index (χ3v) is 4.11. The first-order valence-electron chi connectivity index (χ1n) is 8.42. The highest BCUT2D eigenvalue weighted by Crippen LogP contribution is 2.17. The molecule has 0 spiro atoms. The van der Waals surface area contributed by atoms with Gasteiger partial charge in [-0.15, -0.1) is 0 Å². The number of nitrogens with one attached hydrogen (secondary N) is 2. The minimum absolute atomic E-state index is 0.342. The van der Waals surface area contributed by atoms with Crippen molar-refractivity contribution in [1.29, 1.82) is 0 Å². The van der Waals surface area contributed by atoms with Gasteiger partial charge in [-0.25, -0.2) is 4.98 Å². The van der Waals surface area contributed by atoms with E-state index < -0.39 is 0 Å². The number of fused-ring (bicyclic) bond motifs is 1. The molecule has 1 aromatic carbocycles. The predicted molar refractivity (Wildman–Crippen MR) is 103 cm³/mol. The van der Waals surface area contributed by atoms with E-state index in [9.17, 15) is 4.79 Å². The average Bonchev–Trinajstić information content (AvgIpc) is 3.05. The molecule has 0 aliphatic carbocycles. The molecular weight excluding hydrogens is 342 g/mol. The molecule has 0 fully saturated rings. The van der Waals surface area contributed by atoms with Crippen LogP contribution >= 0.6 is 0 Å². The number of amides is 1. The maximum atomic E-state index is 12.2. The molecular formula is C20H17N5O2. The summed E-state index contributed by atoms with van der Waals surface area (Å²) >= 11 is 0. The fourth-order valence-electron chi connectivity index (χ4n) is 2.78. The van der Waals surface area contributed by atoms with Crippen molar-refractivity contribution in [2.24, 2.45) is 4.99 Å². The van der Waals surface area contributed by atoms with Gasteiger partial charge < -0.3 is 15.4 Å². The Kier molecular flexibility index (Phi) is 4.49. The van der Waals surface area contributed by atoms with Crippen molar-refractivity contribution < 1.29 is 9.53 Å². The van der Waals surface area contributed by atoms with E-state index >= 15 is 0 Å². The molecule has 7 nitrogen and oxygen atoms in total. The Morgan fingerprint density at radius 1 is 1.11 bits per heavy atom. The number of benzene rings is 1. The van der Waals surface area contributed by atoms with Crippen LogP contribution in [0.3, 0.4) is 0 Å². The van der Waals surface area contributed by atoms with Gasteiger partial charge in [-0.3, -0.25) is 9.78 Å². The van der Waals surface area contributed by atoms with E-state index in [1.165, 1.54) is 0 Å². The normalized spacial score (nSPS) is 14.9. The molecule has 0 unspecified atom stereocenters. The molecule has 1 aliphatic heterocycles. The summed E-state index contributed by atoms with van der Waals surface area (Å²) in [6.07, 6.45) is 3.40. The predicted octanol–water partition coefficient (Wildman–Crippen LogP) is 2.25. The maximum absolute atomic E-state index is 12.2. The van der Waals surface area contributed by atoms with Crippen LogP contribution in [0.2, 0.25) is 0 Å². The standard InChI is InChI=1S/C20H17N5O2/c1-27-18-7-3-2-5-13(18)12-22-20-24-17(19(26)25-20)11-14-8-9-15-16(23-14)6-4-10-21-15/h2-11H,12H2,1H3,(H2,22,24,25,26). The molecule has 0 saturated carbocycles. The summed E-state index contributed by atoms with van der Waals surface area (Å²) in [4.78, 5) is 24.9. The lowest BCUT2D eigenvalue weighted by molar-refractivity contribution is -0.114. The highest BCUT2D eigenvalue weighted by molar-refractivity contribution is 6.12. The second-order valence-corrected chi connectivity index (χ2v) is 5.89. The molecule has 3 heterocycles. The maximum Gasteiger partial charge on any atom is 0.296 e. The molecule has 3 aromatic rings. The molecule has 0 radical (unpaired) electrons. The monoisotopic (exact) mass is 359 g/mol. The molecule has 2 N–H and O–H groups in total. The number of hydrogen-bond donors (Lipinski definition) is 2. The lowest BCUT2D eigenvalue weighted by Gasteiger charge is -2.10. The van der Waals surface area contributed by atoms with Crippen LogP contribution in [0.5, 0.6) is 5.75 Å². The number of methoxy groups -OCH3 is 1. The van der Waals surface area contributed by atoms with Crippen LogP contribution in [-0.2, 0) is 11.3 Å². The number of pyridine rings is 2. The molecule has 134 valence electrons. The van der Waals surface area contributed by atoms with Gasteiger partial charge in [0.15, 0.2) is 0 Å². The Hall–Kier alpha value is -3.74. The first-order chi connectivity index (χ1) is 13.2. The molecule has 7 heteroatoms. The quantitative estimate of drug-likeness (QED) is 0.695. The van der Waals surface area contributed by atoms with Gasteiger partial charge >= 0.3 is 0 Å². The topological polar surface area (TPSA) is 88.5 Å². The minimum Gasteiger partial charge on any atom is -0.496 e. The van der Waals surface area contributed by atoms with Crippen molar-refractivity contribution >= 4 is 29.0 Å². The van der Waals surface area contributed by atoms with Crippen LogP contribution in [-0.4, -0.2) is 28.9 Å². The molecule has 4 rings (SSSR count). The largest absolute Gasteiger partial charge is 0.496 e. The fraction of sp³-hybridized carbons (Fsp3) is 0.100. The van der Waals surface area contributed by atoms with Crippen molar-refractivity contribution in [2.45, 2.75) is 6.54 Å². The number of carbonyl (C=O) groups excluding carboxylic acids is 1. The fourth-order valence-corrected chi connectivity index (χ4v) is 2.78. The number of para-hydroxylation sites is 1. The summed E-state index contributed by atoms with van der Waals surface area (Å²) in [5.41, 5.74) is 3.58. The average molecular weight is 359 g/mol. The Morgan fingerprint density at radius 3 is 2.89 bits per heavy atom. The number of hydrogen-bond acceptors (Lipinski definition) is 6. The molecule has 1 aliphatic rings. The van der Waals surface area contributed by atoms with Gasteiger partial charge in [-0.05, 0) is 36.4 Å². The number of guanidine groups is 1. The Bertz CT molecular complexity index is 1070. The van der Waals surface area contributed by atoms with Crippen molar-refractivity contribution in [2.75, 3.05) is 7.11 Å².